The molecule has 1 saturated heterocycles. The Morgan fingerprint density at radius 1 is 1.15 bits per heavy atom. The molecule has 0 saturated carbocycles. The SMILES string of the molecule is CS(=O)(=O)c1cccc2c1=CN(c1c(F)cccc1F)[C@H](C1CCCN1)N=2. The molecule has 142 valence electrons. The summed E-state index contributed by atoms with van der Waals surface area (Å²) in [4.78, 5) is 6.18. The maximum Gasteiger partial charge on any atom is 0.176 e. The van der Waals surface area contributed by atoms with Crippen LogP contribution in [-0.2, 0) is 9.84 Å². The largest absolute Gasteiger partial charge is 0.318 e. The van der Waals surface area contributed by atoms with Crippen LogP contribution in [0.15, 0.2) is 46.3 Å². The van der Waals surface area contributed by atoms with Gasteiger partial charge in [0, 0.05) is 23.7 Å². The molecule has 8 heteroatoms. The standard InChI is InChI=1S/C19H19F2N3O2S/c1-27(25,26)17-9-3-7-15-12(17)11-24(18-13(20)5-2-6-14(18)21)19(23-15)16-8-4-10-22-16/h2-3,5-7,9,11,16,19,22H,4,8,10H2,1H3/t16?,19-/m1/s1. The Hall–Kier alpha value is -2.32. The van der Waals surface area contributed by atoms with Crippen LogP contribution in [0.2, 0.25) is 0 Å². The third-order valence-corrected chi connectivity index (χ3v) is 6.08. The molecule has 5 nitrogen and oxygen atoms in total. The minimum absolute atomic E-state index is 0.0864. The second-order valence-corrected chi connectivity index (χ2v) is 8.80. The summed E-state index contributed by atoms with van der Waals surface area (Å²) in [7, 11) is -3.53. The molecule has 0 amide bonds. The van der Waals surface area contributed by atoms with Crippen LogP contribution in [0.3, 0.4) is 0 Å². The molecule has 0 bridgehead atoms. The van der Waals surface area contributed by atoms with Crippen LogP contribution in [0.25, 0.3) is 6.20 Å². The van der Waals surface area contributed by atoms with Crippen molar-refractivity contribution in [2.75, 3.05) is 17.7 Å². The number of hydrogen-bond donors (Lipinski definition) is 1. The van der Waals surface area contributed by atoms with E-state index in [4.69, 9.17) is 0 Å². The minimum atomic E-state index is -3.53. The topological polar surface area (TPSA) is 61.8 Å². The number of sulfone groups is 1. The number of para-hydroxylation sites is 1. The lowest BCUT2D eigenvalue weighted by Crippen LogP contribution is -2.51. The second kappa shape index (κ2) is 6.69. The average molecular weight is 391 g/mol. The molecule has 0 aromatic heterocycles. The number of halogens is 2. The van der Waals surface area contributed by atoms with Crippen LogP contribution in [-0.4, -0.2) is 33.4 Å². The van der Waals surface area contributed by atoms with E-state index in [1.807, 2.05) is 0 Å². The van der Waals surface area contributed by atoms with E-state index < -0.39 is 27.6 Å². The third-order valence-electron chi connectivity index (χ3n) is 4.92. The Labute approximate surface area is 156 Å². The zero-order chi connectivity index (χ0) is 19.2. The molecule has 2 aliphatic heterocycles. The molecule has 27 heavy (non-hydrogen) atoms. The van der Waals surface area contributed by atoms with E-state index in [1.165, 1.54) is 35.4 Å². The molecule has 2 atom stereocenters. The summed E-state index contributed by atoms with van der Waals surface area (Å²) in [6.45, 7) is 0.806. The van der Waals surface area contributed by atoms with Gasteiger partial charge in [-0.2, -0.15) is 0 Å². The van der Waals surface area contributed by atoms with Gasteiger partial charge >= 0.3 is 0 Å². The first kappa shape index (κ1) is 18.1. The van der Waals surface area contributed by atoms with Crippen molar-refractivity contribution >= 4 is 21.7 Å². The third kappa shape index (κ3) is 3.23. The van der Waals surface area contributed by atoms with Gasteiger partial charge in [-0.3, -0.25) is 4.99 Å². The highest BCUT2D eigenvalue weighted by Crippen LogP contribution is 2.29. The Bertz CT molecular complexity index is 1090. The van der Waals surface area contributed by atoms with Crippen molar-refractivity contribution in [3.63, 3.8) is 0 Å². The Morgan fingerprint density at radius 2 is 1.85 bits per heavy atom. The van der Waals surface area contributed by atoms with Crippen molar-refractivity contribution in [2.24, 2.45) is 4.99 Å². The lowest BCUT2D eigenvalue weighted by molar-refractivity contribution is 0.470. The van der Waals surface area contributed by atoms with Gasteiger partial charge < -0.3 is 10.2 Å². The first-order valence-corrected chi connectivity index (χ1v) is 10.6. The predicted octanol–water partition coefficient (Wildman–Crippen LogP) is 1.32. The maximum absolute atomic E-state index is 14.5. The van der Waals surface area contributed by atoms with Crippen LogP contribution in [0.4, 0.5) is 14.5 Å². The fraction of sp³-hybridized carbons (Fsp3) is 0.316. The molecular formula is C19H19F2N3O2S. The second-order valence-electron chi connectivity index (χ2n) is 6.81. The highest BCUT2D eigenvalue weighted by Gasteiger charge is 2.33. The van der Waals surface area contributed by atoms with Crippen LogP contribution < -0.4 is 20.8 Å². The van der Waals surface area contributed by atoms with Gasteiger partial charge in [-0.1, -0.05) is 12.1 Å². The number of hydrogen-bond acceptors (Lipinski definition) is 5. The zero-order valence-electron chi connectivity index (χ0n) is 14.7. The van der Waals surface area contributed by atoms with Gasteiger partial charge in [0.15, 0.2) is 9.84 Å². The molecule has 1 N–H and O–H groups in total. The summed E-state index contributed by atoms with van der Waals surface area (Å²) in [5, 5.41) is 4.17. The van der Waals surface area contributed by atoms with Gasteiger partial charge in [0.1, 0.15) is 23.5 Å². The highest BCUT2D eigenvalue weighted by molar-refractivity contribution is 7.90. The summed E-state index contributed by atoms with van der Waals surface area (Å²) < 4.78 is 53.4. The van der Waals surface area contributed by atoms with Gasteiger partial charge in [-0.05, 0) is 43.7 Å². The lowest BCUT2D eigenvalue weighted by Gasteiger charge is -2.34. The van der Waals surface area contributed by atoms with E-state index in [-0.39, 0.29) is 16.6 Å². The van der Waals surface area contributed by atoms with Gasteiger partial charge in [0.05, 0.1) is 10.3 Å². The van der Waals surface area contributed by atoms with Gasteiger partial charge in [-0.15, -0.1) is 0 Å². The van der Waals surface area contributed by atoms with Crippen LogP contribution >= 0.6 is 0 Å². The molecule has 0 aliphatic carbocycles. The number of nitrogens with one attached hydrogen (secondary N) is 1. The van der Waals surface area contributed by atoms with E-state index >= 15 is 0 Å². The van der Waals surface area contributed by atoms with E-state index in [0.717, 1.165) is 25.6 Å². The van der Waals surface area contributed by atoms with Crippen molar-refractivity contribution in [2.45, 2.75) is 29.9 Å². The van der Waals surface area contributed by atoms with Crippen LogP contribution in [0, 0.1) is 11.6 Å². The van der Waals surface area contributed by atoms with E-state index in [2.05, 4.69) is 10.3 Å². The summed E-state index contributed by atoms with van der Waals surface area (Å²) in [5.41, 5.74) is -0.228. The smallest absolute Gasteiger partial charge is 0.176 e. The van der Waals surface area contributed by atoms with Gasteiger partial charge in [0.25, 0.3) is 0 Å². The van der Waals surface area contributed by atoms with Crippen molar-refractivity contribution in [3.05, 3.63) is 58.6 Å². The van der Waals surface area contributed by atoms with Gasteiger partial charge in [-0.25, -0.2) is 17.2 Å². The first-order valence-electron chi connectivity index (χ1n) is 8.71. The van der Waals surface area contributed by atoms with Crippen molar-refractivity contribution in [1.82, 2.24) is 5.32 Å². The number of nitrogens with zero attached hydrogens (tertiary/aromatic N) is 2. The van der Waals surface area contributed by atoms with E-state index in [9.17, 15) is 17.2 Å². The molecule has 2 heterocycles. The number of rotatable bonds is 3. The Kier molecular flexibility index (Phi) is 4.47. The molecule has 1 fully saturated rings. The molecular weight excluding hydrogens is 372 g/mol. The highest BCUT2D eigenvalue weighted by atomic mass is 32.2. The molecule has 0 spiro atoms. The monoisotopic (exact) mass is 391 g/mol. The maximum atomic E-state index is 14.5. The minimum Gasteiger partial charge on any atom is -0.318 e. The fourth-order valence-corrected chi connectivity index (χ4v) is 4.58. The zero-order valence-corrected chi connectivity index (χ0v) is 15.5. The molecule has 4 rings (SSSR count). The number of fused-ring (bicyclic) bond motifs is 1. The quantitative estimate of drug-likeness (QED) is 0.858. The Balaban J connectivity index is 1.99. The lowest BCUT2D eigenvalue weighted by atomic mass is 10.1. The van der Waals surface area contributed by atoms with Crippen molar-refractivity contribution in [3.8, 4) is 0 Å². The predicted molar refractivity (Wildman–Crippen MR) is 98.4 cm³/mol. The van der Waals surface area contributed by atoms with Gasteiger partial charge in [0.2, 0.25) is 0 Å². The molecule has 2 aromatic rings. The van der Waals surface area contributed by atoms with E-state index in [1.54, 1.807) is 12.1 Å². The van der Waals surface area contributed by atoms with E-state index in [0.29, 0.717) is 10.6 Å². The average Bonchev–Trinajstić information content (AvgIpc) is 3.14. The van der Waals surface area contributed by atoms with Crippen molar-refractivity contribution < 1.29 is 17.2 Å². The molecule has 1 unspecified atom stereocenters. The number of anilines is 1. The normalized spacial score (nSPS) is 22.1. The summed E-state index contributed by atoms with van der Waals surface area (Å²) in [5.74, 6) is -1.44. The van der Waals surface area contributed by atoms with Crippen molar-refractivity contribution in [1.29, 1.82) is 0 Å². The molecule has 0 radical (unpaired) electrons. The fourth-order valence-electron chi connectivity index (χ4n) is 3.70. The number of benzene rings is 2. The summed E-state index contributed by atoms with van der Waals surface area (Å²) in [6, 6.07) is 8.41. The first-order chi connectivity index (χ1) is 12.9. The summed E-state index contributed by atoms with van der Waals surface area (Å²) in [6.07, 6.45) is 3.80. The van der Waals surface area contributed by atoms with Crippen LogP contribution in [0.5, 0.6) is 0 Å². The Morgan fingerprint density at radius 3 is 2.48 bits per heavy atom. The van der Waals surface area contributed by atoms with Crippen LogP contribution in [0.1, 0.15) is 12.8 Å². The molecule has 2 aliphatic rings. The molecule has 2 aromatic carbocycles. The summed E-state index contributed by atoms with van der Waals surface area (Å²) >= 11 is 0.